The molecular weight excluding hydrogens is 943 g/mol. The van der Waals surface area contributed by atoms with E-state index in [1.54, 1.807) is 54.6 Å². The van der Waals surface area contributed by atoms with Crippen molar-refractivity contribution in [2.45, 2.75) is 80.9 Å². The van der Waals surface area contributed by atoms with Crippen LogP contribution in [0.2, 0.25) is 0 Å². The van der Waals surface area contributed by atoms with Crippen molar-refractivity contribution < 1.29 is 53.4 Å². The number of nitrogens with one attached hydrogen (secondary N) is 7. The van der Waals surface area contributed by atoms with E-state index in [4.69, 9.17) is 10.8 Å². The molecule has 8 amide bonds. The van der Waals surface area contributed by atoms with Gasteiger partial charge >= 0.3 is 12.0 Å². The molecule has 25 heteroatoms. The summed E-state index contributed by atoms with van der Waals surface area (Å²) in [5.74, 6) is -4.43. The number of nitrogens with two attached hydrogens (primary N) is 1. The maximum Gasteiger partial charge on any atom is 0.322 e. The predicted octanol–water partition coefficient (Wildman–Crippen LogP) is -1.39. The molecule has 0 aliphatic carbocycles. The number of aliphatic carboxylic acids is 1. The van der Waals surface area contributed by atoms with Crippen LogP contribution >= 0.6 is 11.8 Å². The van der Waals surface area contributed by atoms with Gasteiger partial charge in [-0.25, -0.2) is 19.7 Å². The number of nitrogen functional groups attached to an aromatic ring is 1. The van der Waals surface area contributed by atoms with Crippen LogP contribution in [-0.4, -0.2) is 162 Å². The average molecular weight is 1000 g/mol. The zero-order chi connectivity index (χ0) is 50.9. The Morgan fingerprint density at radius 2 is 1.56 bits per heavy atom. The van der Waals surface area contributed by atoms with Crippen molar-refractivity contribution in [3.8, 4) is 0 Å². The van der Waals surface area contributed by atoms with Crippen LogP contribution in [0, 0.1) is 0 Å². The molecule has 2 fully saturated rings. The number of aliphatic hydroxyl groups excluding tert-OH is 1. The summed E-state index contributed by atoms with van der Waals surface area (Å²) in [6, 6.07) is 12.4. The summed E-state index contributed by atoms with van der Waals surface area (Å²) in [6.07, 6.45) is 5.25. The van der Waals surface area contributed by atoms with Gasteiger partial charge in [0.2, 0.25) is 35.4 Å². The summed E-state index contributed by atoms with van der Waals surface area (Å²) in [5.41, 5.74) is 7.76. The molecule has 2 saturated heterocycles. The Bertz CT molecular complexity index is 2570. The van der Waals surface area contributed by atoms with Gasteiger partial charge in [0.05, 0.1) is 31.6 Å². The number of urea groups is 1. The maximum absolute atomic E-state index is 13.9. The van der Waals surface area contributed by atoms with Gasteiger partial charge in [0.1, 0.15) is 37.0 Å². The number of carbonyl (C=O) groups is 9. The largest absolute Gasteiger partial charge is 0.480 e. The third kappa shape index (κ3) is 15.4. The topological polar surface area (TPSA) is 351 Å². The van der Waals surface area contributed by atoms with E-state index in [2.05, 4.69) is 52.2 Å². The van der Waals surface area contributed by atoms with Crippen LogP contribution < -0.4 is 43.0 Å². The smallest absolute Gasteiger partial charge is 0.322 e. The third-order valence-electron chi connectivity index (χ3n) is 11.7. The number of rotatable bonds is 27. The first-order valence-electron chi connectivity index (χ1n) is 23.0. The molecule has 24 nitrogen and oxygen atoms in total. The van der Waals surface area contributed by atoms with E-state index in [9.17, 15) is 48.3 Å². The van der Waals surface area contributed by atoms with Crippen molar-refractivity contribution in [3.05, 3.63) is 83.9 Å². The summed E-state index contributed by atoms with van der Waals surface area (Å²) < 4.78 is 1.37. The normalized spacial score (nSPS) is 16.6. The fourth-order valence-corrected chi connectivity index (χ4v) is 9.50. The monoisotopic (exact) mass is 999 g/mol. The number of ketones is 1. The number of imidazole rings is 1. The molecule has 4 aromatic rings. The molecule has 0 radical (unpaired) electrons. The lowest BCUT2D eigenvalue weighted by Crippen LogP contribution is -2.56. The summed E-state index contributed by atoms with van der Waals surface area (Å²) in [7, 11) is 0. The van der Waals surface area contributed by atoms with Gasteiger partial charge in [-0.1, -0.05) is 61.0 Å². The Morgan fingerprint density at radius 3 is 2.31 bits per heavy atom. The number of unbranched alkanes of at least 4 members (excludes halogenated alkanes) is 1. The summed E-state index contributed by atoms with van der Waals surface area (Å²) in [6.45, 7) is -2.91. The fourth-order valence-electron chi connectivity index (χ4n) is 7.96. The Hall–Kier alpha value is -7.67. The van der Waals surface area contributed by atoms with Gasteiger partial charge in [0, 0.05) is 61.0 Å². The van der Waals surface area contributed by atoms with Gasteiger partial charge in [-0.2, -0.15) is 11.8 Å². The van der Waals surface area contributed by atoms with Crippen molar-refractivity contribution in [1.29, 1.82) is 0 Å². The number of carboxylic acid groups (broad SMARTS) is 1. The van der Waals surface area contributed by atoms with E-state index in [-0.39, 0.29) is 92.2 Å². The molecule has 2 aromatic heterocycles. The third-order valence-corrected chi connectivity index (χ3v) is 13.2. The van der Waals surface area contributed by atoms with Crippen LogP contribution in [0.25, 0.3) is 11.2 Å². The molecule has 11 N–H and O–H groups in total. The number of thioether (sulfide) groups is 1. The van der Waals surface area contributed by atoms with Gasteiger partial charge in [0.25, 0.3) is 0 Å². The first kappa shape index (κ1) is 52.7. The van der Waals surface area contributed by atoms with Gasteiger partial charge < -0.3 is 62.6 Å². The zero-order valence-electron chi connectivity index (χ0n) is 38.6. The van der Waals surface area contributed by atoms with Crippen LogP contribution in [0.3, 0.4) is 0 Å². The number of fused-ring (bicyclic) bond motifs is 2. The van der Waals surface area contributed by atoms with Crippen LogP contribution in [0.4, 0.5) is 10.6 Å². The highest BCUT2D eigenvalue weighted by molar-refractivity contribution is 8.00. The lowest BCUT2D eigenvalue weighted by Gasteiger charge is -2.24. The van der Waals surface area contributed by atoms with Crippen LogP contribution in [-0.2, 0) is 46.5 Å². The Kier molecular flexibility index (Phi) is 19.1. The van der Waals surface area contributed by atoms with Crippen LogP contribution in [0.1, 0.15) is 60.0 Å². The molecule has 71 heavy (non-hydrogen) atoms. The first-order valence-corrected chi connectivity index (χ1v) is 24.0. The van der Waals surface area contributed by atoms with Crippen molar-refractivity contribution in [2.75, 3.05) is 50.8 Å². The van der Waals surface area contributed by atoms with Crippen molar-refractivity contribution in [1.82, 2.24) is 61.6 Å². The number of benzene rings is 2. The number of hydrogen-bond donors (Lipinski definition) is 10. The number of anilines is 1. The second-order valence-electron chi connectivity index (χ2n) is 16.9. The minimum atomic E-state index is -1.54. The SMILES string of the molecule is Nc1ncnc2c1ncn2CC(=O)N(CCNC(=O)[C@@H](CO)NC(=O)[C@H](Cc1ccc(C(=O)c2ccccc2)cc1)NC(=O)CCCNC(=O)CCCC[C@@H]1SC[C@@H]2NC(=O)N[C@@H]21)CC(=O)NCC(=O)O. The second kappa shape index (κ2) is 25.8. The molecule has 0 bridgehead atoms. The standard InChI is InChI=1S/C46H57N13O11S/c47-42-40-43(52-25-51-42)59(26-53-40)22-37(64)58(21-36(63)50-20-38(65)66)18-17-49-44(68)31(23-60)55-45(69)30(19-27-12-14-29(15-13-27)41(67)28-7-2-1-3-8-28)54-35(62)11-6-16-48-34(61)10-5-4-9-33-39-32(24-71-33)56-46(70)57-39/h1-3,7-8,12-15,25-26,30-33,39,60H,4-6,9-11,16-24H2,(H,48,61)(H,49,68)(H,50,63)(H,54,62)(H,55,69)(H,65,66)(H2,47,51,52)(H2,56,57,70)/t30-,31+,32-,33-,39-/m0/s1. The number of aromatic nitrogens is 4. The second-order valence-corrected chi connectivity index (χ2v) is 18.1. The number of aliphatic hydroxyl groups is 1. The molecule has 378 valence electrons. The molecule has 5 atom stereocenters. The van der Waals surface area contributed by atoms with Crippen molar-refractivity contribution in [2.24, 2.45) is 0 Å². The van der Waals surface area contributed by atoms with E-state index in [0.29, 0.717) is 34.8 Å². The van der Waals surface area contributed by atoms with Gasteiger partial charge in [0.15, 0.2) is 17.2 Å². The summed E-state index contributed by atoms with van der Waals surface area (Å²) >= 11 is 1.81. The number of carbonyl (C=O) groups excluding carboxylic acids is 8. The molecule has 6 rings (SSSR count). The van der Waals surface area contributed by atoms with E-state index >= 15 is 0 Å². The Balaban J connectivity index is 1.02. The van der Waals surface area contributed by atoms with Gasteiger partial charge in [-0.3, -0.25) is 38.4 Å². The Morgan fingerprint density at radius 1 is 0.817 bits per heavy atom. The minimum absolute atomic E-state index is 0.0674. The van der Waals surface area contributed by atoms with Crippen molar-refractivity contribution in [3.63, 3.8) is 0 Å². The highest BCUT2D eigenvalue weighted by atomic mass is 32.2. The molecule has 2 aliphatic heterocycles. The quantitative estimate of drug-likeness (QED) is 0.0187. The number of carboxylic acids is 1. The highest BCUT2D eigenvalue weighted by Crippen LogP contribution is 2.33. The number of nitrogens with zero attached hydrogens (tertiary/aromatic N) is 5. The molecule has 2 aliphatic rings. The molecule has 0 spiro atoms. The lowest BCUT2D eigenvalue weighted by atomic mass is 9.99. The zero-order valence-corrected chi connectivity index (χ0v) is 39.5. The predicted molar refractivity (Wildman–Crippen MR) is 257 cm³/mol. The van der Waals surface area contributed by atoms with E-state index in [1.807, 2.05) is 11.8 Å². The molecule has 0 unspecified atom stereocenters. The number of hydrogen-bond acceptors (Lipinski definition) is 15. The van der Waals surface area contributed by atoms with Crippen LogP contribution in [0.15, 0.2) is 67.3 Å². The Labute approximate surface area is 411 Å². The molecular formula is C46H57N13O11S. The van der Waals surface area contributed by atoms with Gasteiger partial charge in [-0.15, -0.1) is 0 Å². The van der Waals surface area contributed by atoms with E-state index in [1.165, 1.54) is 17.2 Å². The molecule has 2 aromatic carbocycles. The fraction of sp³-hybridized carbons (Fsp3) is 0.435. The summed E-state index contributed by atoms with van der Waals surface area (Å²) in [5, 5.41) is 38.1. The average Bonchev–Trinajstić information content (AvgIpc) is 4.06. The maximum atomic E-state index is 13.9. The minimum Gasteiger partial charge on any atom is -0.480 e. The summed E-state index contributed by atoms with van der Waals surface area (Å²) in [4.78, 5) is 128. The van der Waals surface area contributed by atoms with Crippen LogP contribution in [0.5, 0.6) is 0 Å². The van der Waals surface area contributed by atoms with Crippen molar-refractivity contribution >= 4 is 82.0 Å². The lowest BCUT2D eigenvalue weighted by molar-refractivity contribution is -0.139. The number of amides is 8. The van der Waals surface area contributed by atoms with Gasteiger partial charge in [-0.05, 0) is 24.8 Å². The van der Waals surface area contributed by atoms with E-state index < -0.39 is 67.3 Å². The first-order chi connectivity index (χ1) is 34.2. The molecule has 4 heterocycles. The highest BCUT2D eigenvalue weighted by Gasteiger charge is 2.42. The van der Waals surface area contributed by atoms with E-state index in [0.717, 1.165) is 23.5 Å². The molecule has 0 saturated carbocycles.